The molecular weight excluding hydrogens is 470 g/mol. The van der Waals surface area contributed by atoms with Gasteiger partial charge in [-0.05, 0) is 76.1 Å². The molecule has 10 heteroatoms. The molecule has 0 atom stereocenters. The molecule has 37 heavy (non-hydrogen) atoms. The predicted octanol–water partition coefficient (Wildman–Crippen LogP) is 3.69. The summed E-state index contributed by atoms with van der Waals surface area (Å²) in [6.07, 6.45) is 9.38. The van der Waals surface area contributed by atoms with Gasteiger partial charge in [0.2, 0.25) is 0 Å². The van der Waals surface area contributed by atoms with Gasteiger partial charge in [-0.3, -0.25) is 9.79 Å². The van der Waals surface area contributed by atoms with E-state index in [0.29, 0.717) is 30.4 Å². The second-order valence-electron chi connectivity index (χ2n) is 10.4. The van der Waals surface area contributed by atoms with E-state index in [9.17, 15) is 9.59 Å². The smallest absolute Gasteiger partial charge is 0.410 e. The Morgan fingerprint density at radius 3 is 2.41 bits per heavy atom. The fourth-order valence-electron chi connectivity index (χ4n) is 4.19. The monoisotopic (exact) mass is 505 g/mol. The fourth-order valence-corrected chi connectivity index (χ4v) is 4.19. The van der Waals surface area contributed by atoms with Crippen molar-refractivity contribution < 1.29 is 14.3 Å². The van der Waals surface area contributed by atoms with Crippen molar-refractivity contribution in [1.29, 1.82) is 0 Å². The van der Waals surface area contributed by atoms with Gasteiger partial charge in [-0.15, -0.1) is 0 Å². The Morgan fingerprint density at radius 2 is 1.81 bits per heavy atom. The van der Waals surface area contributed by atoms with E-state index < -0.39 is 11.5 Å². The van der Waals surface area contributed by atoms with E-state index >= 15 is 0 Å². The van der Waals surface area contributed by atoms with Gasteiger partial charge in [0.05, 0.1) is 11.6 Å². The Labute approximate surface area is 217 Å². The molecule has 1 aromatic carbocycles. The molecule has 1 aliphatic carbocycles. The number of piperidine rings is 1. The number of nitrogens with one attached hydrogen (secondary N) is 1. The van der Waals surface area contributed by atoms with E-state index in [2.05, 4.69) is 15.3 Å². The summed E-state index contributed by atoms with van der Waals surface area (Å²) in [4.78, 5) is 40.1. The summed E-state index contributed by atoms with van der Waals surface area (Å²) in [5.74, 6) is 0.224. The molecule has 2 fully saturated rings. The lowest BCUT2D eigenvalue weighted by Gasteiger charge is -2.32. The first kappa shape index (κ1) is 26.1. The molecule has 0 bridgehead atoms. The Morgan fingerprint density at radius 1 is 1.14 bits per heavy atom. The van der Waals surface area contributed by atoms with Gasteiger partial charge in [-0.1, -0.05) is 0 Å². The van der Waals surface area contributed by atoms with Crippen molar-refractivity contribution in [2.24, 2.45) is 10.7 Å². The first-order valence-electron chi connectivity index (χ1n) is 12.6. The molecule has 1 aliphatic heterocycles. The molecule has 0 unspecified atom stereocenters. The van der Waals surface area contributed by atoms with Crippen LogP contribution in [0.2, 0.25) is 0 Å². The third kappa shape index (κ3) is 6.84. The first-order valence-corrected chi connectivity index (χ1v) is 12.6. The summed E-state index contributed by atoms with van der Waals surface area (Å²) in [5, 5.41) is 2.98. The molecular formula is C27H35N7O3. The maximum atomic E-state index is 13.1. The molecule has 1 saturated heterocycles. The van der Waals surface area contributed by atoms with Gasteiger partial charge in [-0.25, -0.2) is 14.8 Å². The largest absolute Gasteiger partial charge is 0.444 e. The topological polar surface area (TPSA) is 149 Å². The Hall–Kier alpha value is -3.95. The minimum atomic E-state index is -0.516. The van der Waals surface area contributed by atoms with Crippen molar-refractivity contribution in [3.05, 3.63) is 53.7 Å². The maximum Gasteiger partial charge on any atom is 0.410 e. The molecule has 2 amide bonds. The number of nitrogens with zero attached hydrogens (tertiary/aromatic N) is 4. The van der Waals surface area contributed by atoms with Crippen LogP contribution in [0.5, 0.6) is 0 Å². The number of rotatable bonds is 6. The molecule has 5 N–H and O–H groups in total. The minimum absolute atomic E-state index is 0.0706. The molecule has 4 rings (SSSR count). The molecule has 2 aromatic rings. The number of hydrogen-bond donors (Lipinski definition) is 3. The molecule has 10 nitrogen and oxygen atoms in total. The number of ether oxygens (including phenoxy) is 1. The quantitative estimate of drug-likeness (QED) is 0.308. The van der Waals surface area contributed by atoms with E-state index in [4.69, 9.17) is 21.2 Å². The van der Waals surface area contributed by atoms with E-state index in [0.717, 1.165) is 36.8 Å². The summed E-state index contributed by atoms with van der Waals surface area (Å²) in [6, 6.07) is 5.53. The number of nitrogen functional groups attached to an aromatic ring is 1. The normalized spacial score (nSPS) is 17.2. The Kier molecular flexibility index (Phi) is 7.75. The number of carbonyl (C=O) groups excluding carboxylic acids is 2. The van der Waals surface area contributed by atoms with Gasteiger partial charge in [0, 0.05) is 54.8 Å². The lowest BCUT2D eigenvalue weighted by atomic mass is 10.0. The van der Waals surface area contributed by atoms with Gasteiger partial charge in [0.25, 0.3) is 5.91 Å². The van der Waals surface area contributed by atoms with Gasteiger partial charge < -0.3 is 26.4 Å². The van der Waals surface area contributed by atoms with Gasteiger partial charge >= 0.3 is 6.09 Å². The van der Waals surface area contributed by atoms with Gasteiger partial charge in [-0.2, -0.15) is 0 Å². The van der Waals surface area contributed by atoms with Crippen LogP contribution in [0.1, 0.15) is 69.3 Å². The standard InChI is InChI=1S/C27H35N7O3/c1-27(2,3)37-26(36)34-11-7-19(8-12-34)32-16-18-13-23(20(14-22(18)29)17-5-6-17)33-25(35)21(15-28)24-30-9-4-10-31-24/h4,9-10,13-17,19H,5-8,11-12,28-29H2,1-3H3,(H,33,35). The van der Waals surface area contributed by atoms with Crippen LogP contribution in [-0.2, 0) is 9.53 Å². The summed E-state index contributed by atoms with van der Waals surface area (Å²) >= 11 is 0. The van der Waals surface area contributed by atoms with Crippen LogP contribution in [0.4, 0.5) is 16.2 Å². The highest BCUT2D eigenvalue weighted by atomic mass is 16.6. The number of benzene rings is 1. The first-order chi connectivity index (χ1) is 17.6. The third-order valence-corrected chi connectivity index (χ3v) is 6.28. The fraction of sp³-hybridized carbons (Fsp3) is 0.444. The SMILES string of the molecule is CC(C)(C)OC(=O)N1CCC(N=Cc2cc(NC(=O)C(=CN)c3ncccn3)c(C3CC3)cc2N)CC1. The van der Waals surface area contributed by atoms with E-state index in [1.165, 1.54) is 6.20 Å². The summed E-state index contributed by atoms with van der Waals surface area (Å²) in [6.45, 7) is 6.76. The van der Waals surface area contributed by atoms with Gasteiger partial charge in [0.15, 0.2) is 5.82 Å². The lowest BCUT2D eigenvalue weighted by Crippen LogP contribution is -2.42. The number of nitrogens with two attached hydrogens (primary N) is 2. The molecule has 0 radical (unpaired) electrons. The highest BCUT2D eigenvalue weighted by molar-refractivity contribution is 6.24. The van der Waals surface area contributed by atoms with E-state index in [1.54, 1.807) is 29.6 Å². The second kappa shape index (κ2) is 11.0. The predicted molar refractivity (Wildman–Crippen MR) is 144 cm³/mol. The van der Waals surface area contributed by atoms with Gasteiger partial charge in [0.1, 0.15) is 5.60 Å². The van der Waals surface area contributed by atoms with Crippen LogP contribution in [0.3, 0.4) is 0 Å². The summed E-state index contributed by atoms with van der Waals surface area (Å²) in [7, 11) is 0. The number of hydrogen-bond acceptors (Lipinski definition) is 8. The zero-order chi connectivity index (χ0) is 26.6. The van der Waals surface area contributed by atoms with Crippen molar-refractivity contribution in [2.75, 3.05) is 24.1 Å². The zero-order valence-electron chi connectivity index (χ0n) is 21.6. The number of carbonyl (C=O) groups is 2. The van der Waals surface area contributed by atoms with Crippen LogP contribution >= 0.6 is 0 Å². The number of amides is 2. The van der Waals surface area contributed by atoms with Crippen molar-refractivity contribution in [3.63, 3.8) is 0 Å². The highest BCUT2D eigenvalue weighted by Crippen LogP contribution is 2.45. The number of likely N-dealkylation sites (tertiary alicyclic amines) is 1. The number of aromatic nitrogens is 2. The molecule has 0 spiro atoms. The molecule has 2 aliphatic rings. The lowest BCUT2D eigenvalue weighted by molar-refractivity contribution is -0.111. The second-order valence-corrected chi connectivity index (χ2v) is 10.4. The average molecular weight is 506 g/mol. The molecule has 2 heterocycles. The van der Waals surface area contributed by atoms with Crippen LogP contribution in [0.15, 0.2) is 41.8 Å². The third-order valence-electron chi connectivity index (χ3n) is 6.28. The summed E-state index contributed by atoms with van der Waals surface area (Å²) in [5.41, 5.74) is 14.8. The zero-order valence-corrected chi connectivity index (χ0v) is 21.6. The highest BCUT2D eigenvalue weighted by Gasteiger charge is 2.29. The van der Waals surface area contributed by atoms with Crippen LogP contribution < -0.4 is 16.8 Å². The maximum absolute atomic E-state index is 13.1. The van der Waals surface area contributed by atoms with Crippen LogP contribution in [0.25, 0.3) is 5.57 Å². The van der Waals surface area contributed by atoms with Crippen molar-refractivity contribution in [2.45, 2.75) is 64.0 Å². The van der Waals surface area contributed by atoms with Crippen LogP contribution in [-0.4, -0.2) is 57.8 Å². The number of aliphatic imine (C=N–C) groups is 1. The van der Waals surface area contributed by atoms with Crippen LogP contribution in [0, 0.1) is 0 Å². The summed E-state index contributed by atoms with van der Waals surface area (Å²) < 4.78 is 5.47. The average Bonchev–Trinajstić information content (AvgIpc) is 3.70. The van der Waals surface area contributed by atoms with Crippen molar-refractivity contribution in [1.82, 2.24) is 14.9 Å². The van der Waals surface area contributed by atoms with E-state index in [-0.39, 0.29) is 23.5 Å². The Bertz CT molecular complexity index is 1190. The molecule has 1 aromatic heterocycles. The Balaban J connectivity index is 1.46. The van der Waals surface area contributed by atoms with E-state index in [1.807, 2.05) is 32.9 Å². The minimum Gasteiger partial charge on any atom is -0.444 e. The van der Waals surface area contributed by atoms with Crippen molar-refractivity contribution in [3.8, 4) is 0 Å². The molecule has 196 valence electrons. The number of anilines is 2. The van der Waals surface area contributed by atoms with Crippen molar-refractivity contribution >= 4 is 35.2 Å². The molecule has 1 saturated carbocycles.